The molecule has 0 spiro atoms. The molecule has 0 fully saturated rings. The molecule has 4 rings (SSSR count). The third-order valence-corrected chi connectivity index (χ3v) is 8.23. The Morgan fingerprint density at radius 2 is 1.77 bits per heavy atom. The minimum atomic E-state index is -2.66. The Bertz CT molecular complexity index is 1350. The first kappa shape index (κ1) is 29.6. The van der Waals surface area contributed by atoms with E-state index >= 15 is 0 Å². The van der Waals surface area contributed by atoms with Gasteiger partial charge < -0.3 is 36.4 Å². The van der Waals surface area contributed by atoms with Crippen LogP contribution in [0, 0.1) is 17.3 Å². The predicted octanol–water partition coefficient (Wildman–Crippen LogP) is 1.32. The van der Waals surface area contributed by atoms with Crippen LogP contribution in [-0.2, 0) is 22.6 Å². The van der Waals surface area contributed by atoms with Gasteiger partial charge in [-0.05, 0) is 49.9 Å². The van der Waals surface area contributed by atoms with Gasteiger partial charge in [-0.25, -0.2) is 0 Å². The van der Waals surface area contributed by atoms with Crippen molar-refractivity contribution in [2.45, 2.75) is 51.8 Å². The number of phenolic OH excluding ortho intramolecular Hbond substituents is 1. The number of likely N-dealkylation sites (N-methyl/N-ethyl adjacent to an activating group) is 1. The maximum atomic E-state index is 14.1. The summed E-state index contributed by atoms with van der Waals surface area (Å²) in [5, 5.41) is 48.8. The highest BCUT2D eigenvalue weighted by atomic mass is 16.3. The number of nitrogens with one attached hydrogen (secondary N) is 1. The number of benzene rings is 1. The molecule has 0 saturated heterocycles. The second-order valence-electron chi connectivity index (χ2n) is 12.8. The van der Waals surface area contributed by atoms with Gasteiger partial charge in [0.05, 0.1) is 11.6 Å². The first-order valence-corrected chi connectivity index (χ1v) is 13.3. The van der Waals surface area contributed by atoms with Crippen molar-refractivity contribution in [3.63, 3.8) is 0 Å². The number of phenols is 1. The number of primary amides is 1. The smallest absolute Gasteiger partial charge is 0.255 e. The maximum absolute atomic E-state index is 14.1. The number of aliphatic hydroxyl groups is 3. The van der Waals surface area contributed by atoms with Crippen molar-refractivity contribution < 1.29 is 34.8 Å². The highest BCUT2D eigenvalue weighted by molar-refractivity contribution is 6.24. The standard InChI is InChI=1S/C29H40N4O7/c1-28(2,3)12-31-11-14-10-17(32(4)5)15-8-13-9-16-21(33(6)7)24(36)20(27(30)39)26(38)29(16,40)25(37)18(13)23(35)19(15)22(14)34/h10,13,16,21,31,34,36-37,40H,8-9,11-12H2,1-7H3,(H2,30,39)/t13-,16-,21?,29-/m1/s1. The summed E-state index contributed by atoms with van der Waals surface area (Å²) >= 11 is 0. The molecule has 0 bridgehead atoms. The van der Waals surface area contributed by atoms with Crippen LogP contribution in [0.3, 0.4) is 0 Å². The molecule has 0 aliphatic heterocycles. The van der Waals surface area contributed by atoms with E-state index in [9.17, 15) is 34.8 Å². The molecule has 0 aromatic heterocycles. The third-order valence-electron chi connectivity index (χ3n) is 8.23. The van der Waals surface area contributed by atoms with Crippen molar-refractivity contribution in [2.75, 3.05) is 39.6 Å². The van der Waals surface area contributed by atoms with Crippen LogP contribution in [0.5, 0.6) is 5.75 Å². The first-order chi connectivity index (χ1) is 18.4. The number of anilines is 1. The number of rotatable bonds is 6. The maximum Gasteiger partial charge on any atom is 0.255 e. The van der Waals surface area contributed by atoms with Gasteiger partial charge >= 0.3 is 0 Å². The van der Waals surface area contributed by atoms with Gasteiger partial charge in [-0.3, -0.25) is 19.3 Å². The van der Waals surface area contributed by atoms with E-state index in [2.05, 4.69) is 26.1 Å². The largest absolute Gasteiger partial charge is 0.510 e. The third kappa shape index (κ3) is 4.46. The van der Waals surface area contributed by atoms with Gasteiger partial charge in [-0.15, -0.1) is 0 Å². The molecule has 1 unspecified atom stereocenters. The van der Waals surface area contributed by atoms with Crippen LogP contribution in [-0.4, -0.2) is 89.2 Å². The summed E-state index contributed by atoms with van der Waals surface area (Å²) < 4.78 is 0. The number of hydrogen-bond donors (Lipinski definition) is 6. The number of ketones is 2. The minimum absolute atomic E-state index is 0.00841. The summed E-state index contributed by atoms with van der Waals surface area (Å²) in [6, 6.07) is 0.814. The fourth-order valence-electron chi connectivity index (χ4n) is 6.46. The van der Waals surface area contributed by atoms with Gasteiger partial charge in [-0.1, -0.05) is 20.8 Å². The monoisotopic (exact) mass is 556 g/mol. The number of nitrogens with two attached hydrogens (primary N) is 1. The van der Waals surface area contributed by atoms with Crippen LogP contribution in [0.15, 0.2) is 28.7 Å². The number of aliphatic hydroxyl groups excluding tert-OH is 2. The van der Waals surface area contributed by atoms with Crippen LogP contribution in [0.25, 0.3) is 0 Å². The number of amides is 1. The molecule has 3 aliphatic carbocycles. The highest BCUT2D eigenvalue weighted by Gasteiger charge is 2.63. The topological polar surface area (TPSA) is 177 Å². The van der Waals surface area contributed by atoms with Gasteiger partial charge in [-0.2, -0.15) is 0 Å². The lowest BCUT2D eigenvalue weighted by atomic mass is 9.58. The lowest BCUT2D eigenvalue weighted by molar-refractivity contribution is -0.148. The lowest BCUT2D eigenvalue weighted by Crippen LogP contribution is -2.63. The van der Waals surface area contributed by atoms with Gasteiger partial charge in [0.15, 0.2) is 11.4 Å². The van der Waals surface area contributed by atoms with Crippen LogP contribution < -0.4 is 16.0 Å². The van der Waals surface area contributed by atoms with E-state index in [1.165, 1.54) is 4.90 Å². The van der Waals surface area contributed by atoms with Crippen LogP contribution in [0.1, 0.15) is 48.7 Å². The molecule has 7 N–H and O–H groups in total. The Morgan fingerprint density at radius 1 is 1.15 bits per heavy atom. The fraction of sp³-hybridized carbons (Fsp3) is 0.552. The van der Waals surface area contributed by atoms with Gasteiger partial charge in [0.25, 0.3) is 5.91 Å². The summed E-state index contributed by atoms with van der Waals surface area (Å²) in [7, 11) is 6.87. The SMILES string of the molecule is CN(C)c1cc(CNCC(C)(C)C)c(O)c2c1C[C@@H]1C[C@@H]3C(N(C)C)C(O)=C(C(N)=O)C(=O)[C@]3(O)C(O)=C1C2=O. The number of Topliss-reactive ketones (excluding diaryl/α,β-unsaturated/α-hetero) is 2. The van der Waals surface area contributed by atoms with E-state index < -0.39 is 58.0 Å². The molecular formula is C29H40N4O7. The molecular weight excluding hydrogens is 516 g/mol. The van der Waals surface area contributed by atoms with Crippen LogP contribution >= 0.6 is 0 Å². The zero-order valence-corrected chi connectivity index (χ0v) is 24.1. The van der Waals surface area contributed by atoms with Gasteiger partial charge in [0.2, 0.25) is 5.78 Å². The molecule has 218 valence electrons. The summed E-state index contributed by atoms with van der Waals surface area (Å²) in [6.45, 7) is 7.17. The Hall–Kier alpha value is -3.41. The Morgan fingerprint density at radius 3 is 2.30 bits per heavy atom. The van der Waals surface area contributed by atoms with Crippen molar-refractivity contribution in [2.24, 2.45) is 23.0 Å². The number of aromatic hydroxyl groups is 1. The number of fused-ring (bicyclic) bond motifs is 3. The number of allylic oxidation sites excluding steroid dienone is 1. The molecule has 4 atom stereocenters. The highest BCUT2D eigenvalue weighted by Crippen LogP contribution is 2.53. The molecule has 1 aromatic rings. The van der Waals surface area contributed by atoms with E-state index in [0.717, 1.165) is 5.69 Å². The van der Waals surface area contributed by atoms with Crippen LogP contribution in [0.4, 0.5) is 5.69 Å². The molecule has 0 heterocycles. The van der Waals surface area contributed by atoms with Crippen molar-refractivity contribution >= 4 is 23.2 Å². The van der Waals surface area contributed by atoms with Crippen molar-refractivity contribution in [3.05, 3.63) is 45.4 Å². The zero-order chi connectivity index (χ0) is 30.1. The first-order valence-electron chi connectivity index (χ1n) is 13.3. The Labute approximate surface area is 233 Å². The van der Waals surface area contributed by atoms with E-state index in [1.54, 1.807) is 14.1 Å². The lowest BCUT2D eigenvalue weighted by Gasteiger charge is -2.50. The molecule has 0 radical (unpaired) electrons. The predicted molar refractivity (Wildman–Crippen MR) is 149 cm³/mol. The Balaban J connectivity index is 1.90. The zero-order valence-electron chi connectivity index (χ0n) is 24.1. The Kier molecular flexibility index (Phi) is 7.32. The average molecular weight is 557 g/mol. The van der Waals surface area contributed by atoms with E-state index in [-0.39, 0.29) is 35.1 Å². The number of carbonyl (C=O) groups is 3. The average Bonchev–Trinajstić information content (AvgIpc) is 2.81. The van der Waals surface area contributed by atoms with E-state index in [1.807, 2.05) is 25.1 Å². The second-order valence-corrected chi connectivity index (χ2v) is 12.8. The quantitative estimate of drug-likeness (QED) is 0.280. The number of hydrogen-bond acceptors (Lipinski definition) is 10. The molecule has 11 nitrogen and oxygen atoms in total. The number of carbonyl (C=O) groups excluding carboxylic acids is 3. The molecule has 3 aliphatic rings. The summed E-state index contributed by atoms with van der Waals surface area (Å²) in [5.41, 5.74) is 3.58. The molecule has 40 heavy (non-hydrogen) atoms. The summed E-state index contributed by atoms with van der Waals surface area (Å²) in [5.74, 6) is -6.54. The molecule has 0 saturated carbocycles. The number of nitrogens with zero attached hydrogens (tertiary/aromatic N) is 2. The normalized spacial score (nSPS) is 26.6. The summed E-state index contributed by atoms with van der Waals surface area (Å²) in [6.07, 6.45) is 0.291. The molecule has 1 aromatic carbocycles. The van der Waals surface area contributed by atoms with Crippen molar-refractivity contribution in [1.82, 2.24) is 10.2 Å². The van der Waals surface area contributed by atoms with E-state index in [4.69, 9.17) is 5.73 Å². The van der Waals surface area contributed by atoms with Crippen molar-refractivity contribution in [1.29, 1.82) is 0 Å². The van der Waals surface area contributed by atoms with Gasteiger partial charge in [0, 0.05) is 49.9 Å². The van der Waals surface area contributed by atoms with E-state index in [0.29, 0.717) is 24.2 Å². The fourth-order valence-corrected chi connectivity index (χ4v) is 6.46. The molecule has 1 amide bonds. The molecule has 11 heteroatoms. The summed E-state index contributed by atoms with van der Waals surface area (Å²) in [4.78, 5) is 43.0. The van der Waals surface area contributed by atoms with Crippen LogP contribution in [0.2, 0.25) is 0 Å². The minimum Gasteiger partial charge on any atom is -0.510 e. The second kappa shape index (κ2) is 9.90. The van der Waals surface area contributed by atoms with Gasteiger partial charge in [0.1, 0.15) is 22.8 Å². The van der Waals surface area contributed by atoms with Crippen molar-refractivity contribution in [3.8, 4) is 5.75 Å².